The van der Waals surface area contributed by atoms with Crippen LogP contribution in [0.4, 0.5) is 13.2 Å². The zero-order chi connectivity index (χ0) is 19.1. The summed E-state index contributed by atoms with van der Waals surface area (Å²) in [7, 11) is 0. The lowest BCUT2D eigenvalue weighted by atomic mass is 10.00. The fourth-order valence-electron chi connectivity index (χ4n) is 2.87. The first kappa shape index (κ1) is 17.9. The Balaban J connectivity index is 1.93. The molecule has 2 heterocycles. The van der Waals surface area contributed by atoms with E-state index in [9.17, 15) is 18.0 Å². The van der Waals surface area contributed by atoms with E-state index in [4.69, 9.17) is 0 Å². The van der Waals surface area contributed by atoms with Gasteiger partial charge in [-0.2, -0.15) is 18.3 Å². The van der Waals surface area contributed by atoms with E-state index >= 15 is 0 Å². The summed E-state index contributed by atoms with van der Waals surface area (Å²) >= 11 is 0. The molecule has 5 nitrogen and oxygen atoms in total. The van der Waals surface area contributed by atoms with Crippen LogP contribution in [0.2, 0.25) is 0 Å². The van der Waals surface area contributed by atoms with Crippen molar-refractivity contribution in [2.75, 3.05) is 0 Å². The highest BCUT2D eigenvalue weighted by atomic mass is 19.4. The summed E-state index contributed by atoms with van der Waals surface area (Å²) in [5, 5.41) is 4.28. The molecule has 0 fully saturated rings. The first-order valence-electron chi connectivity index (χ1n) is 7.95. The zero-order valence-electron chi connectivity index (χ0n) is 14.4. The standard InChI is InChI=1S/C18H17F3N4O/c1-10-6-14(18(19,20)21)4-5-15(10)11(2)25-9-13(8-22-25)16-7-17(26)24-12(3)23-16/h4-9,11H,1-3H3,(H,23,24,26). The molecule has 1 unspecified atom stereocenters. The predicted octanol–water partition coefficient (Wildman–Crippen LogP) is 3.88. The summed E-state index contributed by atoms with van der Waals surface area (Å²) in [4.78, 5) is 18.4. The van der Waals surface area contributed by atoms with Gasteiger partial charge in [-0.05, 0) is 44.0 Å². The molecule has 0 saturated carbocycles. The SMILES string of the molecule is Cc1nc(-c2cnn(C(C)c3ccc(C(F)(F)F)cc3C)c2)cc(=O)[nH]1. The van der Waals surface area contributed by atoms with Crippen LogP contribution in [0.5, 0.6) is 0 Å². The van der Waals surface area contributed by atoms with Gasteiger partial charge in [0.25, 0.3) is 5.56 Å². The number of H-pyrrole nitrogens is 1. The minimum atomic E-state index is -4.37. The van der Waals surface area contributed by atoms with E-state index < -0.39 is 11.7 Å². The number of aromatic nitrogens is 4. The van der Waals surface area contributed by atoms with Gasteiger partial charge in [-0.15, -0.1) is 0 Å². The number of halogens is 3. The number of rotatable bonds is 3. The van der Waals surface area contributed by atoms with Crippen LogP contribution in [-0.2, 0) is 6.18 Å². The maximum absolute atomic E-state index is 12.8. The minimum Gasteiger partial charge on any atom is -0.311 e. The van der Waals surface area contributed by atoms with Gasteiger partial charge in [-0.3, -0.25) is 9.48 Å². The molecule has 0 amide bonds. The number of aryl methyl sites for hydroxylation is 2. The van der Waals surface area contributed by atoms with Gasteiger partial charge in [0.1, 0.15) is 5.82 Å². The molecule has 0 aliphatic rings. The molecule has 8 heteroatoms. The lowest BCUT2D eigenvalue weighted by molar-refractivity contribution is -0.137. The minimum absolute atomic E-state index is 0.258. The van der Waals surface area contributed by atoms with Gasteiger partial charge in [0.15, 0.2) is 0 Å². The molecule has 26 heavy (non-hydrogen) atoms. The number of alkyl halides is 3. The van der Waals surface area contributed by atoms with Crippen LogP contribution in [0.15, 0.2) is 41.5 Å². The number of hydrogen-bond donors (Lipinski definition) is 1. The largest absolute Gasteiger partial charge is 0.416 e. The van der Waals surface area contributed by atoms with Crippen molar-refractivity contribution in [1.82, 2.24) is 19.7 Å². The molecule has 1 atom stereocenters. The lowest BCUT2D eigenvalue weighted by Crippen LogP contribution is -2.11. The van der Waals surface area contributed by atoms with E-state index in [1.54, 1.807) is 30.9 Å². The summed E-state index contributed by atoms with van der Waals surface area (Å²) in [5.74, 6) is 0.492. The van der Waals surface area contributed by atoms with Crippen LogP contribution in [-0.4, -0.2) is 19.7 Å². The predicted molar refractivity (Wildman–Crippen MR) is 90.8 cm³/mol. The average Bonchev–Trinajstić information content (AvgIpc) is 3.02. The van der Waals surface area contributed by atoms with Gasteiger partial charge in [0.05, 0.1) is 23.5 Å². The second kappa shape index (κ2) is 6.44. The van der Waals surface area contributed by atoms with Crippen molar-refractivity contribution in [3.63, 3.8) is 0 Å². The summed E-state index contributed by atoms with van der Waals surface area (Å²) in [6, 6.07) is 4.79. The van der Waals surface area contributed by atoms with Gasteiger partial charge in [-0.25, -0.2) is 4.98 Å². The first-order chi connectivity index (χ1) is 12.1. The van der Waals surface area contributed by atoms with E-state index in [-0.39, 0.29) is 11.6 Å². The molecule has 0 aliphatic heterocycles. The van der Waals surface area contributed by atoms with E-state index in [1.165, 1.54) is 12.1 Å². The van der Waals surface area contributed by atoms with Crippen molar-refractivity contribution in [1.29, 1.82) is 0 Å². The Kier molecular flexibility index (Phi) is 4.43. The Bertz CT molecular complexity index is 1000. The molecule has 1 aromatic carbocycles. The third-order valence-electron chi connectivity index (χ3n) is 4.20. The topological polar surface area (TPSA) is 63.6 Å². The van der Waals surface area contributed by atoms with Crippen molar-refractivity contribution >= 4 is 0 Å². The number of hydrogen-bond acceptors (Lipinski definition) is 3. The third kappa shape index (κ3) is 3.54. The van der Waals surface area contributed by atoms with Crippen LogP contribution >= 0.6 is 0 Å². The zero-order valence-corrected chi connectivity index (χ0v) is 14.4. The van der Waals surface area contributed by atoms with Crippen LogP contribution in [0.25, 0.3) is 11.3 Å². The Labute approximate surface area is 147 Å². The fourth-order valence-corrected chi connectivity index (χ4v) is 2.87. The molecule has 0 aliphatic carbocycles. The lowest BCUT2D eigenvalue weighted by Gasteiger charge is -2.17. The van der Waals surface area contributed by atoms with E-state index in [1.807, 2.05) is 6.92 Å². The Hall–Kier alpha value is -2.90. The van der Waals surface area contributed by atoms with Gasteiger partial charge in [0, 0.05) is 17.8 Å². The Morgan fingerprint density at radius 1 is 1.19 bits per heavy atom. The van der Waals surface area contributed by atoms with Crippen LogP contribution in [0, 0.1) is 13.8 Å². The van der Waals surface area contributed by atoms with Crippen LogP contribution in [0.1, 0.15) is 35.5 Å². The second-order valence-corrected chi connectivity index (χ2v) is 6.17. The maximum atomic E-state index is 12.8. The maximum Gasteiger partial charge on any atom is 0.416 e. The summed E-state index contributed by atoms with van der Waals surface area (Å²) in [5.41, 5.74) is 1.50. The van der Waals surface area contributed by atoms with Crippen LogP contribution in [0.3, 0.4) is 0 Å². The van der Waals surface area contributed by atoms with Gasteiger partial charge in [-0.1, -0.05) is 6.07 Å². The first-order valence-corrected chi connectivity index (χ1v) is 7.95. The third-order valence-corrected chi connectivity index (χ3v) is 4.20. The number of aromatic amines is 1. The highest BCUT2D eigenvalue weighted by molar-refractivity contribution is 5.56. The molecule has 3 aromatic rings. The molecule has 0 spiro atoms. The van der Waals surface area contributed by atoms with Crippen molar-refractivity contribution < 1.29 is 13.2 Å². The summed E-state index contributed by atoms with van der Waals surface area (Å²) in [6.45, 7) is 5.18. The highest BCUT2D eigenvalue weighted by Crippen LogP contribution is 2.32. The summed E-state index contributed by atoms with van der Waals surface area (Å²) in [6.07, 6.45) is -1.06. The van der Waals surface area contributed by atoms with Crippen molar-refractivity contribution in [2.24, 2.45) is 0 Å². The smallest absolute Gasteiger partial charge is 0.311 e. The van der Waals surface area contributed by atoms with Crippen molar-refractivity contribution in [2.45, 2.75) is 33.0 Å². The fraction of sp³-hybridized carbons (Fsp3) is 0.278. The van der Waals surface area contributed by atoms with E-state index in [0.717, 1.165) is 17.7 Å². The average molecular weight is 362 g/mol. The normalized spacial score (nSPS) is 13.0. The number of nitrogens with one attached hydrogen (secondary N) is 1. The number of nitrogens with zero attached hydrogens (tertiary/aromatic N) is 3. The molecular formula is C18H17F3N4O. The molecule has 1 N–H and O–H groups in total. The molecule has 136 valence electrons. The molecular weight excluding hydrogens is 345 g/mol. The van der Waals surface area contributed by atoms with Crippen molar-refractivity contribution in [3.8, 4) is 11.3 Å². The van der Waals surface area contributed by atoms with E-state index in [0.29, 0.717) is 22.6 Å². The second-order valence-electron chi connectivity index (χ2n) is 6.17. The Morgan fingerprint density at radius 2 is 1.92 bits per heavy atom. The summed E-state index contributed by atoms with van der Waals surface area (Å²) < 4.78 is 40.1. The molecule has 3 rings (SSSR count). The Morgan fingerprint density at radius 3 is 2.54 bits per heavy atom. The monoisotopic (exact) mass is 362 g/mol. The molecule has 0 saturated heterocycles. The van der Waals surface area contributed by atoms with Gasteiger partial charge < -0.3 is 4.98 Å². The van der Waals surface area contributed by atoms with Crippen molar-refractivity contribution in [3.05, 3.63) is 69.5 Å². The van der Waals surface area contributed by atoms with Gasteiger partial charge >= 0.3 is 6.18 Å². The van der Waals surface area contributed by atoms with E-state index in [2.05, 4.69) is 15.1 Å². The van der Waals surface area contributed by atoms with Crippen LogP contribution < -0.4 is 5.56 Å². The molecule has 0 radical (unpaired) electrons. The molecule has 2 aromatic heterocycles. The molecule has 0 bridgehead atoms. The highest BCUT2D eigenvalue weighted by Gasteiger charge is 2.31. The number of benzene rings is 1. The quantitative estimate of drug-likeness (QED) is 0.769. The van der Waals surface area contributed by atoms with Gasteiger partial charge in [0.2, 0.25) is 0 Å².